The lowest BCUT2D eigenvalue weighted by Gasteiger charge is -2.09. The highest BCUT2D eigenvalue weighted by Gasteiger charge is 2.16. The van der Waals surface area contributed by atoms with Gasteiger partial charge in [-0.2, -0.15) is 0 Å². The van der Waals surface area contributed by atoms with Crippen LogP contribution in [0.5, 0.6) is 5.75 Å². The number of amides is 2. The summed E-state index contributed by atoms with van der Waals surface area (Å²) in [7, 11) is -3.76. The average molecular weight is 458 g/mol. The maximum absolute atomic E-state index is 12.3. The molecule has 1 heterocycles. The van der Waals surface area contributed by atoms with Gasteiger partial charge in [-0.25, -0.2) is 13.1 Å². The number of carbonyl (C=O) groups is 2. The third kappa shape index (κ3) is 6.43. The van der Waals surface area contributed by atoms with Gasteiger partial charge in [0.2, 0.25) is 15.9 Å². The summed E-state index contributed by atoms with van der Waals surface area (Å²) in [5, 5.41) is 5.17. The van der Waals surface area contributed by atoms with E-state index >= 15 is 0 Å². The molecule has 0 aliphatic rings. The van der Waals surface area contributed by atoms with Gasteiger partial charge in [-0.15, -0.1) is 0 Å². The molecule has 0 aliphatic carbocycles. The summed E-state index contributed by atoms with van der Waals surface area (Å²) in [4.78, 5) is 24.3. The van der Waals surface area contributed by atoms with Crippen molar-refractivity contribution in [2.24, 2.45) is 0 Å². The summed E-state index contributed by atoms with van der Waals surface area (Å²) in [6, 6.07) is 15.6. The van der Waals surface area contributed by atoms with Crippen molar-refractivity contribution >= 4 is 27.5 Å². The zero-order chi connectivity index (χ0) is 23.0. The molecule has 0 atom stereocenters. The monoisotopic (exact) mass is 457 g/mol. The number of anilines is 1. The molecule has 168 valence electrons. The van der Waals surface area contributed by atoms with Crippen LogP contribution in [0.15, 0.2) is 76.2 Å². The van der Waals surface area contributed by atoms with Crippen molar-refractivity contribution in [2.45, 2.75) is 18.4 Å². The minimum atomic E-state index is -3.76. The second-order valence-corrected chi connectivity index (χ2v) is 8.38. The van der Waals surface area contributed by atoms with E-state index in [2.05, 4.69) is 15.4 Å². The van der Waals surface area contributed by atoms with Crippen LogP contribution in [0.1, 0.15) is 23.0 Å². The quantitative estimate of drug-likeness (QED) is 0.429. The molecule has 2 amide bonds. The van der Waals surface area contributed by atoms with Crippen molar-refractivity contribution in [1.29, 1.82) is 0 Å². The Labute approximate surface area is 185 Å². The molecular formula is C22H23N3O6S. The Bertz CT molecular complexity index is 1140. The van der Waals surface area contributed by atoms with Crippen molar-refractivity contribution < 1.29 is 27.2 Å². The van der Waals surface area contributed by atoms with Crippen LogP contribution in [0, 0.1) is 0 Å². The van der Waals surface area contributed by atoms with Gasteiger partial charge < -0.3 is 19.8 Å². The predicted octanol–water partition coefficient (Wildman–Crippen LogP) is 2.53. The highest BCUT2D eigenvalue weighted by Crippen LogP contribution is 2.15. The minimum Gasteiger partial charge on any atom is -0.494 e. The third-order valence-electron chi connectivity index (χ3n) is 4.30. The maximum Gasteiger partial charge on any atom is 0.251 e. The van der Waals surface area contributed by atoms with Gasteiger partial charge in [-0.1, -0.05) is 0 Å². The highest BCUT2D eigenvalue weighted by atomic mass is 32.2. The smallest absolute Gasteiger partial charge is 0.251 e. The molecule has 0 saturated heterocycles. The molecule has 3 rings (SSSR count). The molecule has 0 aliphatic heterocycles. The number of hydrogen-bond acceptors (Lipinski definition) is 6. The summed E-state index contributed by atoms with van der Waals surface area (Å²) in [6.07, 6.45) is 1.45. The van der Waals surface area contributed by atoms with E-state index < -0.39 is 21.8 Å². The predicted molar refractivity (Wildman–Crippen MR) is 118 cm³/mol. The summed E-state index contributed by atoms with van der Waals surface area (Å²) in [6.45, 7) is 2.20. The van der Waals surface area contributed by atoms with Crippen LogP contribution in [-0.4, -0.2) is 33.4 Å². The topological polar surface area (TPSA) is 127 Å². The number of furan rings is 1. The van der Waals surface area contributed by atoms with E-state index in [9.17, 15) is 18.0 Å². The number of rotatable bonds is 10. The Morgan fingerprint density at radius 2 is 1.72 bits per heavy atom. The first-order valence-electron chi connectivity index (χ1n) is 9.80. The van der Waals surface area contributed by atoms with E-state index in [4.69, 9.17) is 9.15 Å². The molecule has 10 heteroatoms. The Morgan fingerprint density at radius 3 is 2.34 bits per heavy atom. The Morgan fingerprint density at radius 1 is 1.00 bits per heavy atom. The zero-order valence-corrected chi connectivity index (χ0v) is 18.1. The summed E-state index contributed by atoms with van der Waals surface area (Å²) >= 11 is 0. The first-order valence-corrected chi connectivity index (χ1v) is 11.3. The number of hydrogen-bond donors (Lipinski definition) is 3. The molecule has 0 radical (unpaired) electrons. The largest absolute Gasteiger partial charge is 0.494 e. The molecule has 1 aromatic heterocycles. The fourth-order valence-electron chi connectivity index (χ4n) is 2.72. The standard InChI is InChI=1S/C22H23N3O6S/c1-2-30-18-9-7-17(8-10-18)25-21(26)15-23-22(27)16-5-11-20(12-6-16)32(28,29)24-14-19-4-3-13-31-19/h3-13,24H,2,14-15H2,1H3,(H,23,27)(H,25,26). The van der Waals surface area contributed by atoms with Gasteiger partial charge in [0.1, 0.15) is 11.5 Å². The van der Waals surface area contributed by atoms with Crippen molar-refractivity contribution in [3.8, 4) is 5.75 Å². The van der Waals surface area contributed by atoms with Gasteiger partial charge >= 0.3 is 0 Å². The minimum absolute atomic E-state index is 0.00819. The zero-order valence-electron chi connectivity index (χ0n) is 17.3. The van der Waals surface area contributed by atoms with Crippen LogP contribution >= 0.6 is 0 Å². The average Bonchev–Trinajstić information content (AvgIpc) is 3.32. The molecule has 32 heavy (non-hydrogen) atoms. The molecule has 0 spiro atoms. The van der Waals surface area contributed by atoms with Gasteiger partial charge in [0.25, 0.3) is 5.91 Å². The molecule has 3 aromatic rings. The Balaban J connectivity index is 1.50. The van der Waals surface area contributed by atoms with Gasteiger partial charge in [0.15, 0.2) is 0 Å². The number of benzene rings is 2. The van der Waals surface area contributed by atoms with Crippen molar-refractivity contribution in [3.63, 3.8) is 0 Å². The van der Waals surface area contributed by atoms with Crippen LogP contribution in [-0.2, 0) is 21.4 Å². The maximum atomic E-state index is 12.3. The first-order chi connectivity index (χ1) is 15.4. The normalized spacial score (nSPS) is 11.0. The van der Waals surface area contributed by atoms with E-state index in [-0.39, 0.29) is 23.5 Å². The molecular weight excluding hydrogens is 434 g/mol. The van der Waals surface area contributed by atoms with Crippen LogP contribution in [0.4, 0.5) is 5.69 Å². The Kier molecular flexibility index (Phi) is 7.63. The van der Waals surface area contributed by atoms with Crippen molar-refractivity contribution in [3.05, 3.63) is 78.3 Å². The van der Waals surface area contributed by atoms with Crippen LogP contribution in [0.2, 0.25) is 0 Å². The van der Waals surface area contributed by atoms with E-state index in [0.717, 1.165) is 0 Å². The van der Waals surface area contributed by atoms with Crippen LogP contribution < -0.4 is 20.1 Å². The van der Waals surface area contributed by atoms with Crippen molar-refractivity contribution in [2.75, 3.05) is 18.5 Å². The fourth-order valence-corrected chi connectivity index (χ4v) is 3.71. The molecule has 0 fully saturated rings. The fraction of sp³-hybridized carbons (Fsp3) is 0.182. The SMILES string of the molecule is CCOc1ccc(NC(=O)CNC(=O)c2ccc(S(=O)(=O)NCc3ccco3)cc2)cc1. The summed E-state index contributed by atoms with van der Waals surface area (Å²) in [5.41, 5.74) is 0.799. The van der Waals surface area contributed by atoms with Gasteiger partial charge in [0, 0.05) is 11.3 Å². The lowest BCUT2D eigenvalue weighted by molar-refractivity contribution is -0.115. The van der Waals surface area contributed by atoms with E-state index in [0.29, 0.717) is 23.8 Å². The molecule has 9 nitrogen and oxygen atoms in total. The number of sulfonamides is 1. The van der Waals surface area contributed by atoms with E-state index in [1.54, 1.807) is 36.4 Å². The van der Waals surface area contributed by atoms with Crippen molar-refractivity contribution in [1.82, 2.24) is 10.0 Å². The van der Waals surface area contributed by atoms with Crippen LogP contribution in [0.3, 0.4) is 0 Å². The summed E-state index contributed by atoms with van der Waals surface area (Å²) in [5.74, 6) is 0.275. The lowest BCUT2D eigenvalue weighted by Crippen LogP contribution is -2.32. The molecule has 0 bridgehead atoms. The highest BCUT2D eigenvalue weighted by molar-refractivity contribution is 7.89. The molecule has 0 unspecified atom stereocenters. The van der Waals surface area contributed by atoms with E-state index in [1.165, 1.54) is 30.5 Å². The number of nitrogens with one attached hydrogen (secondary N) is 3. The molecule has 0 saturated carbocycles. The second-order valence-electron chi connectivity index (χ2n) is 6.62. The third-order valence-corrected chi connectivity index (χ3v) is 5.72. The second kappa shape index (κ2) is 10.6. The first kappa shape index (κ1) is 23.0. The van der Waals surface area contributed by atoms with Crippen LogP contribution in [0.25, 0.3) is 0 Å². The van der Waals surface area contributed by atoms with Gasteiger partial charge in [0.05, 0.1) is 30.9 Å². The van der Waals surface area contributed by atoms with Gasteiger partial charge in [-0.3, -0.25) is 9.59 Å². The Hall–Kier alpha value is -3.63. The summed E-state index contributed by atoms with van der Waals surface area (Å²) < 4.78 is 37.5. The number of carbonyl (C=O) groups excluding carboxylic acids is 2. The number of ether oxygens (including phenoxy) is 1. The lowest BCUT2D eigenvalue weighted by atomic mass is 10.2. The molecule has 3 N–H and O–H groups in total. The van der Waals surface area contributed by atoms with Gasteiger partial charge in [-0.05, 0) is 67.6 Å². The molecule has 2 aromatic carbocycles. The van der Waals surface area contributed by atoms with E-state index in [1.807, 2.05) is 6.92 Å².